The van der Waals surface area contributed by atoms with E-state index in [0.29, 0.717) is 16.7 Å². The van der Waals surface area contributed by atoms with Crippen LogP contribution in [0.15, 0.2) is 18.2 Å². The van der Waals surface area contributed by atoms with E-state index in [-0.39, 0.29) is 0 Å². The van der Waals surface area contributed by atoms with E-state index in [0.717, 1.165) is 4.90 Å². The van der Waals surface area contributed by atoms with Crippen molar-refractivity contribution in [3.63, 3.8) is 0 Å². The molecule has 0 aliphatic rings. The topological polar surface area (TPSA) is 108 Å². The average Bonchev–Trinajstić information content (AvgIpc) is 2.80. The van der Waals surface area contributed by atoms with E-state index in [9.17, 15) is 9.59 Å². The molecule has 8 heteroatoms. The van der Waals surface area contributed by atoms with Crippen LogP contribution in [-0.2, 0) is 9.53 Å². The highest BCUT2D eigenvalue weighted by Gasteiger charge is 2.25. The Morgan fingerprint density at radius 3 is 2.57 bits per heavy atom. The third kappa shape index (κ3) is 3.68. The molecule has 0 spiro atoms. The summed E-state index contributed by atoms with van der Waals surface area (Å²) in [6.07, 6.45) is -0.729. The van der Waals surface area contributed by atoms with Crippen LogP contribution in [0.5, 0.6) is 0 Å². The normalized spacial score (nSPS) is 11.4. The van der Waals surface area contributed by atoms with Gasteiger partial charge in [0.1, 0.15) is 23.2 Å². The van der Waals surface area contributed by atoms with Gasteiger partial charge < -0.3 is 9.84 Å². The third-order valence-corrected chi connectivity index (χ3v) is 2.52. The molecule has 8 nitrogen and oxygen atoms in total. The number of fused-ring (bicyclic) bond motifs is 1. The number of nitrogens with zero attached hydrogens (tertiary/aromatic N) is 3. The lowest BCUT2D eigenvalue weighted by Gasteiger charge is -2.26. The Balaban J connectivity index is 2.34. The van der Waals surface area contributed by atoms with Crippen LogP contribution in [0.25, 0.3) is 11.0 Å². The zero-order valence-corrected chi connectivity index (χ0v) is 12.0. The zero-order chi connectivity index (χ0) is 15.6. The van der Waals surface area contributed by atoms with Gasteiger partial charge in [0.2, 0.25) is 0 Å². The molecule has 112 valence electrons. The highest BCUT2D eigenvalue weighted by Crippen LogP contribution is 2.21. The fraction of sp³-hybridized carbons (Fsp3) is 0.385. The Morgan fingerprint density at radius 1 is 1.29 bits per heavy atom. The third-order valence-electron chi connectivity index (χ3n) is 2.52. The number of aromatic nitrogens is 3. The summed E-state index contributed by atoms with van der Waals surface area (Å²) in [5.74, 6) is -1.14. The van der Waals surface area contributed by atoms with Crippen LogP contribution >= 0.6 is 0 Å². The van der Waals surface area contributed by atoms with Crippen molar-refractivity contribution >= 4 is 28.8 Å². The molecule has 1 aromatic carbocycles. The number of H-pyrrole nitrogens is 1. The molecular formula is C13H16N4O4. The summed E-state index contributed by atoms with van der Waals surface area (Å²) >= 11 is 0. The first-order valence-electron chi connectivity index (χ1n) is 6.29. The molecule has 2 aromatic rings. The second-order valence-corrected chi connectivity index (χ2v) is 5.46. The molecule has 21 heavy (non-hydrogen) atoms. The molecule has 0 atom stereocenters. The van der Waals surface area contributed by atoms with Gasteiger partial charge in [-0.3, -0.25) is 9.69 Å². The standard InChI is InChI=1S/C13H16N4O4/c1-13(2,3)21-12(20)17(7-11(18)19)8-4-5-9-10(6-8)15-16-14-9/h4-6H,7H2,1-3H3,(H,18,19)(H,14,15,16). The van der Waals surface area contributed by atoms with E-state index >= 15 is 0 Å². The molecule has 1 aromatic heterocycles. The lowest BCUT2D eigenvalue weighted by Crippen LogP contribution is -2.40. The molecule has 1 amide bonds. The quantitative estimate of drug-likeness (QED) is 0.892. The molecule has 1 heterocycles. The Kier molecular flexibility index (Phi) is 3.79. The Bertz CT molecular complexity index is 674. The van der Waals surface area contributed by atoms with Crippen LogP contribution in [0.3, 0.4) is 0 Å². The molecule has 2 N–H and O–H groups in total. The number of hydrogen-bond donors (Lipinski definition) is 2. The van der Waals surface area contributed by atoms with Gasteiger partial charge in [-0.1, -0.05) is 0 Å². The largest absolute Gasteiger partial charge is 0.480 e. The van der Waals surface area contributed by atoms with Crippen LogP contribution < -0.4 is 4.90 Å². The molecule has 0 aliphatic heterocycles. The summed E-state index contributed by atoms with van der Waals surface area (Å²) in [4.78, 5) is 24.2. The number of nitrogens with one attached hydrogen (secondary N) is 1. The summed E-state index contributed by atoms with van der Waals surface area (Å²) < 4.78 is 5.23. The van der Waals surface area contributed by atoms with E-state index in [1.165, 1.54) is 0 Å². The first-order valence-corrected chi connectivity index (χ1v) is 6.29. The number of aliphatic carboxylic acids is 1. The lowest BCUT2D eigenvalue weighted by molar-refractivity contribution is -0.135. The molecule has 0 aliphatic carbocycles. The number of ether oxygens (including phenoxy) is 1. The number of rotatable bonds is 3. The number of anilines is 1. The minimum Gasteiger partial charge on any atom is -0.480 e. The molecule has 0 unspecified atom stereocenters. The summed E-state index contributed by atoms with van der Waals surface area (Å²) in [7, 11) is 0. The molecular weight excluding hydrogens is 276 g/mol. The van der Waals surface area contributed by atoms with Crippen molar-refractivity contribution in [2.75, 3.05) is 11.4 Å². The molecule has 0 fully saturated rings. The molecule has 2 rings (SSSR count). The van der Waals surface area contributed by atoms with Gasteiger partial charge >= 0.3 is 12.1 Å². The summed E-state index contributed by atoms with van der Waals surface area (Å²) in [6, 6.07) is 4.82. The van der Waals surface area contributed by atoms with Crippen LogP contribution in [0.4, 0.5) is 10.5 Å². The average molecular weight is 292 g/mol. The maximum absolute atomic E-state index is 12.2. The van der Waals surface area contributed by atoms with Crippen molar-refractivity contribution in [2.45, 2.75) is 26.4 Å². The minimum atomic E-state index is -1.14. The fourth-order valence-corrected chi connectivity index (χ4v) is 1.71. The van der Waals surface area contributed by atoms with E-state index in [4.69, 9.17) is 9.84 Å². The van der Waals surface area contributed by atoms with Crippen molar-refractivity contribution in [2.24, 2.45) is 0 Å². The fourth-order valence-electron chi connectivity index (χ4n) is 1.71. The highest BCUT2D eigenvalue weighted by molar-refractivity contribution is 5.95. The molecule has 0 radical (unpaired) electrons. The smallest absolute Gasteiger partial charge is 0.415 e. The number of amides is 1. The number of carbonyl (C=O) groups excluding carboxylic acids is 1. The predicted octanol–water partition coefficient (Wildman–Crippen LogP) is 1.78. The number of carboxylic acid groups (broad SMARTS) is 1. The summed E-state index contributed by atoms with van der Waals surface area (Å²) in [5.41, 5.74) is 0.823. The molecule has 0 bridgehead atoms. The minimum absolute atomic E-state index is 0.382. The molecule has 0 saturated heterocycles. The van der Waals surface area contributed by atoms with Gasteiger partial charge in [-0.05, 0) is 39.0 Å². The van der Waals surface area contributed by atoms with Gasteiger partial charge in [0.15, 0.2) is 0 Å². The van der Waals surface area contributed by atoms with E-state index in [1.54, 1.807) is 39.0 Å². The maximum Gasteiger partial charge on any atom is 0.415 e. The number of aromatic amines is 1. The van der Waals surface area contributed by atoms with Gasteiger partial charge in [-0.2, -0.15) is 15.4 Å². The Morgan fingerprint density at radius 2 is 1.95 bits per heavy atom. The van der Waals surface area contributed by atoms with Gasteiger partial charge in [-0.25, -0.2) is 4.79 Å². The SMILES string of the molecule is CC(C)(C)OC(=O)N(CC(=O)O)c1ccc2n[nH]nc2c1. The van der Waals surface area contributed by atoms with Crippen molar-refractivity contribution in [1.82, 2.24) is 15.4 Å². The van der Waals surface area contributed by atoms with E-state index in [2.05, 4.69) is 15.4 Å². The highest BCUT2D eigenvalue weighted by atomic mass is 16.6. The monoisotopic (exact) mass is 292 g/mol. The number of carbonyl (C=O) groups is 2. The van der Waals surface area contributed by atoms with E-state index < -0.39 is 24.2 Å². The van der Waals surface area contributed by atoms with Gasteiger partial charge in [0.05, 0.1) is 5.69 Å². The van der Waals surface area contributed by atoms with Crippen LogP contribution in [0.2, 0.25) is 0 Å². The first kappa shape index (κ1) is 14.8. The predicted molar refractivity (Wildman–Crippen MR) is 75.1 cm³/mol. The summed E-state index contributed by atoms with van der Waals surface area (Å²) in [5, 5.41) is 19.3. The lowest BCUT2D eigenvalue weighted by atomic mass is 10.2. The maximum atomic E-state index is 12.2. The van der Waals surface area contributed by atoms with Crippen LogP contribution in [0.1, 0.15) is 20.8 Å². The Hall–Kier alpha value is -2.64. The van der Waals surface area contributed by atoms with Crippen molar-refractivity contribution in [3.05, 3.63) is 18.2 Å². The van der Waals surface area contributed by atoms with Gasteiger partial charge in [0.25, 0.3) is 0 Å². The molecule has 0 saturated carbocycles. The number of benzene rings is 1. The number of hydrogen-bond acceptors (Lipinski definition) is 5. The Labute approximate surface area is 120 Å². The number of carboxylic acids is 1. The van der Waals surface area contributed by atoms with Crippen LogP contribution in [0, 0.1) is 0 Å². The summed E-state index contributed by atoms with van der Waals surface area (Å²) in [6.45, 7) is 4.64. The van der Waals surface area contributed by atoms with E-state index in [1.807, 2.05) is 0 Å². The van der Waals surface area contributed by atoms with Gasteiger partial charge in [0, 0.05) is 0 Å². The van der Waals surface area contributed by atoms with Crippen molar-refractivity contribution in [3.8, 4) is 0 Å². The second kappa shape index (κ2) is 5.39. The first-order chi connectivity index (χ1) is 9.76. The zero-order valence-electron chi connectivity index (χ0n) is 12.0. The second-order valence-electron chi connectivity index (χ2n) is 5.46. The van der Waals surface area contributed by atoms with Crippen molar-refractivity contribution < 1.29 is 19.4 Å². The van der Waals surface area contributed by atoms with Gasteiger partial charge in [-0.15, -0.1) is 0 Å². The van der Waals surface area contributed by atoms with Crippen LogP contribution in [-0.4, -0.2) is 44.7 Å². The van der Waals surface area contributed by atoms with Crippen molar-refractivity contribution in [1.29, 1.82) is 0 Å².